The molecule has 2 aromatic rings. The number of hydrogen-bond acceptors (Lipinski definition) is 6. The van der Waals surface area contributed by atoms with Gasteiger partial charge in [-0.2, -0.15) is 0 Å². The van der Waals surface area contributed by atoms with Crippen molar-refractivity contribution in [2.24, 2.45) is 0 Å². The van der Waals surface area contributed by atoms with Crippen LogP contribution < -0.4 is 0 Å². The number of likely N-dealkylation sites (tertiary alicyclic amines) is 1. The van der Waals surface area contributed by atoms with Crippen molar-refractivity contribution in [1.82, 2.24) is 25.0 Å². The lowest BCUT2D eigenvalue weighted by atomic mass is 9.82. The van der Waals surface area contributed by atoms with Crippen molar-refractivity contribution in [3.05, 3.63) is 30.4 Å². The van der Waals surface area contributed by atoms with Gasteiger partial charge in [0, 0.05) is 38.6 Å². The molecule has 0 unspecified atom stereocenters. The monoisotopic (exact) mass is 327 g/mol. The van der Waals surface area contributed by atoms with Gasteiger partial charge >= 0.3 is 0 Å². The Morgan fingerprint density at radius 2 is 2.21 bits per heavy atom. The van der Waals surface area contributed by atoms with E-state index in [1.807, 2.05) is 24.1 Å². The molecule has 126 valence electrons. The van der Waals surface area contributed by atoms with Gasteiger partial charge in [0.25, 0.3) is 0 Å². The largest absolute Gasteiger partial charge is 0.420 e. The number of pyridine rings is 1. The Kier molecular flexibility index (Phi) is 3.60. The van der Waals surface area contributed by atoms with Gasteiger partial charge in [-0.1, -0.05) is 0 Å². The third-order valence-electron chi connectivity index (χ3n) is 4.84. The van der Waals surface area contributed by atoms with E-state index >= 15 is 0 Å². The molecule has 1 saturated carbocycles. The van der Waals surface area contributed by atoms with Gasteiger partial charge in [0.1, 0.15) is 0 Å². The zero-order chi connectivity index (χ0) is 16.7. The molecule has 3 heterocycles. The Hall–Kier alpha value is -2.28. The molecular weight excluding hydrogens is 306 g/mol. The van der Waals surface area contributed by atoms with E-state index in [1.165, 1.54) is 0 Å². The molecule has 1 amide bonds. The molecule has 0 bridgehead atoms. The average Bonchev–Trinajstić information content (AvgIpc) is 3.29. The highest BCUT2D eigenvalue weighted by Gasteiger charge is 2.45. The molecule has 0 spiro atoms. The summed E-state index contributed by atoms with van der Waals surface area (Å²) in [6, 6.07) is 4.20. The van der Waals surface area contributed by atoms with Gasteiger partial charge in [0.15, 0.2) is 0 Å². The van der Waals surface area contributed by atoms with Crippen molar-refractivity contribution in [3.8, 4) is 11.5 Å². The van der Waals surface area contributed by atoms with Gasteiger partial charge in [-0.15, -0.1) is 10.2 Å². The molecular formula is C17H21N5O2. The molecule has 1 aliphatic carbocycles. The second kappa shape index (κ2) is 5.66. The molecule has 24 heavy (non-hydrogen) atoms. The smallest absolute Gasteiger partial charge is 0.249 e. The van der Waals surface area contributed by atoms with Crippen LogP contribution in [0.2, 0.25) is 0 Å². The summed E-state index contributed by atoms with van der Waals surface area (Å²) in [4.78, 5) is 20.3. The molecule has 2 fully saturated rings. The summed E-state index contributed by atoms with van der Waals surface area (Å²) in [5, 5.41) is 8.34. The lowest BCUT2D eigenvalue weighted by molar-refractivity contribution is -0.133. The molecule has 1 aliphatic heterocycles. The normalized spacial score (nSPS) is 19.8. The first-order chi connectivity index (χ1) is 11.5. The van der Waals surface area contributed by atoms with Crippen LogP contribution in [-0.4, -0.2) is 63.6 Å². The predicted octanol–water partition coefficient (Wildman–Crippen LogP) is 1.33. The van der Waals surface area contributed by atoms with E-state index in [2.05, 4.69) is 27.0 Å². The molecule has 0 aromatic carbocycles. The number of rotatable bonds is 5. The summed E-state index contributed by atoms with van der Waals surface area (Å²) in [5.41, 5.74) is 0.628. The Balaban J connectivity index is 1.38. The van der Waals surface area contributed by atoms with Crippen molar-refractivity contribution in [2.75, 3.05) is 26.7 Å². The summed E-state index contributed by atoms with van der Waals surface area (Å²) >= 11 is 0. The summed E-state index contributed by atoms with van der Waals surface area (Å²) < 4.78 is 5.84. The zero-order valence-electron chi connectivity index (χ0n) is 14.0. The van der Waals surface area contributed by atoms with Crippen LogP contribution >= 0.6 is 0 Å². The van der Waals surface area contributed by atoms with Gasteiger partial charge in [0.2, 0.25) is 17.7 Å². The van der Waals surface area contributed by atoms with Gasteiger partial charge in [-0.05, 0) is 31.9 Å². The van der Waals surface area contributed by atoms with Gasteiger partial charge in [0.05, 0.1) is 17.5 Å². The lowest BCUT2D eigenvalue weighted by Gasteiger charge is -2.45. The maximum atomic E-state index is 12.2. The van der Waals surface area contributed by atoms with E-state index in [0.717, 1.165) is 31.5 Å². The zero-order valence-corrected chi connectivity index (χ0v) is 14.0. The number of nitrogens with zero attached hydrogens (tertiary/aromatic N) is 5. The second-order valence-electron chi connectivity index (χ2n) is 7.10. The van der Waals surface area contributed by atoms with Crippen molar-refractivity contribution < 1.29 is 9.21 Å². The molecule has 4 rings (SSSR count). The highest BCUT2D eigenvalue weighted by Crippen LogP contribution is 2.34. The molecule has 0 radical (unpaired) electrons. The van der Waals surface area contributed by atoms with E-state index in [-0.39, 0.29) is 11.3 Å². The quantitative estimate of drug-likeness (QED) is 0.824. The minimum atomic E-state index is -0.189. The third kappa shape index (κ3) is 2.80. The first-order valence-electron chi connectivity index (χ1n) is 8.27. The molecule has 1 saturated heterocycles. The number of amides is 1. The Morgan fingerprint density at radius 1 is 1.42 bits per heavy atom. The SMILES string of the molecule is CN(C(=O)CN1CC(C)(c2nnc(-c3cccnc3)o2)C1)C1CC1. The Labute approximate surface area is 140 Å². The Bertz CT molecular complexity index is 734. The van der Waals surface area contributed by atoms with Gasteiger partial charge < -0.3 is 9.32 Å². The molecule has 0 atom stereocenters. The summed E-state index contributed by atoms with van der Waals surface area (Å²) in [6.07, 6.45) is 5.69. The van der Waals surface area contributed by atoms with E-state index in [4.69, 9.17) is 4.42 Å². The summed E-state index contributed by atoms with van der Waals surface area (Å²) in [5.74, 6) is 1.31. The van der Waals surface area contributed by atoms with Crippen LogP contribution in [0.4, 0.5) is 0 Å². The maximum Gasteiger partial charge on any atom is 0.249 e. The second-order valence-corrected chi connectivity index (χ2v) is 7.10. The van der Waals surface area contributed by atoms with Crippen molar-refractivity contribution in [1.29, 1.82) is 0 Å². The molecule has 0 N–H and O–H groups in total. The van der Waals surface area contributed by atoms with Crippen LogP contribution in [0, 0.1) is 0 Å². The third-order valence-corrected chi connectivity index (χ3v) is 4.84. The van der Waals surface area contributed by atoms with Crippen LogP contribution in [0.25, 0.3) is 11.5 Å². The Morgan fingerprint density at radius 3 is 2.88 bits per heavy atom. The number of aromatic nitrogens is 3. The number of likely N-dealkylation sites (N-methyl/N-ethyl adjacent to an activating group) is 1. The molecule has 7 heteroatoms. The standard InChI is InChI=1S/C17H21N5O2/c1-17(10-22(11-17)9-14(23)21(2)13-5-6-13)16-20-19-15(24-16)12-4-3-7-18-8-12/h3-4,7-8,13H,5-6,9-11H2,1-2H3. The average molecular weight is 327 g/mol. The van der Waals surface area contributed by atoms with Crippen LogP contribution in [0.3, 0.4) is 0 Å². The fraction of sp³-hybridized carbons (Fsp3) is 0.529. The highest BCUT2D eigenvalue weighted by molar-refractivity contribution is 5.78. The van der Waals surface area contributed by atoms with Crippen molar-refractivity contribution in [2.45, 2.75) is 31.2 Å². The van der Waals surface area contributed by atoms with Gasteiger partial charge in [-0.3, -0.25) is 14.7 Å². The summed E-state index contributed by atoms with van der Waals surface area (Å²) in [6.45, 7) is 4.07. The van der Waals surface area contributed by atoms with Crippen LogP contribution in [0.5, 0.6) is 0 Å². The number of hydrogen-bond donors (Lipinski definition) is 0. The maximum absolute atomic E-state index is 12.2. The van der Waals surface area contributed by atoms with Crippen molar-refractivity contribution >= 4 is 5.91 Å². The topological polar surface area (TPSA) is 75.4 Å². The fourth-order valence-electron chi connectivity index (χ4n) is 3.23. The minimum absolute atomic E-state index is 0.189. The first-order valence-corrected chi connectivity index (χ1v) is 8.27. The van der Waals surface area contributed by atoms with E-state index in [0.29, 0.717) is 24.4 Å². The van der Waals surface area contributed by atoms with Crippen LogP contribution in [0.15, 0.2) is 28.9 Å². The predicted molar refractivity (Wildman–Crippen MR) is 87.1 cm³/mol. The molecule has 2 aliphatic rings. The minimum Gasteiger partial charge on any atom is -0.420 e. The summed E-state index contributed by atoms with van der Waals surface area (Å²) in [7, 11) is 1.90. The number of carbonyl (C=O) groups excluding carboxylic acids is 1. The van der Waals surface area contributed by atoms with Gasteiger partial charge in [-0.25, -0.2) is 0 Å². The van der Waals surface area contributed by atoms with Crippen LogP contribution in [-0.2, 0) is 10.2 Å². The van der Waals surface area contributed by atoms with E-state index in [1.54, 1.807) is 12.4 Å². The highest BCUT2D eigenvalue weighted by atomic mass is 16.4. The number of carbonyl (C=O) groups is 1. The van der Waals surface area contributed by atoms with Crippen molar-refractivity contribution in [3.63, 3.8) is 0 Å². The fourth-order valence-corrected chi connectivity index (χ4v) is 3.23. The first kappa shape index (κ1) is 15.3. The lowest BCUT2D eigenvalue weighted by Crippen LogP contribution is -2.60. The van der Waals surface area contributed by atoms with E-state index in [9.17, 15) is 4.79 Å². The molecule has 2 aromatic heterocycles. The molecule has 7 nitrogen and oxygen atoms in total. The van der Waals surface area contributed by atoms with E-state index < -0.39 is 0 Å². The van der Waals surface area contributed by atoms with Crippen LogP contribution in [0.1, 0.15) is 25.7 Å².